The van der Waals surface area contributed by atoms with Crippen molar-refractivity contribution in [2.75, 3.05) is 25.0 Å². The van der Waals surface area contributed by atoms with Crippen molar-refractivity contribution in [1.29, 1.82) is 0 Å². The first kappa shape index (κ1) is 12.0. The highest BCUT2D eigenvalue weighted by Crippen LogP contribution is 2.19. The Labute approximate surface area is 112 Å². The molecule has 0 saturated carbocycles. The molecule has 0 amide bonds. The summed E-state index contributed by atoms with van der Waals surface area (Å²) in [6.07, 6.45) is 4.69. The Balaban J connectivity index is 1.79. The predicted octanol–water partition coefficient (Wildman–Crippen LogP) is 1.34. The van der Waals surface area contributed by atoms with E-state index in [2.05, 4.69) is 32.4 Å². The molecule has 1 unspecified atom stereocenters. The van der Waals surface area contributed by atoms with Crippen LogP contribution < -0.4 is 10.2 Å². The van der Waals surface area contributed by atoms with E-state index in [1.54, 1.807) is 12.4 Å². The maximum atomic E-state index is 4.33. The molecule has 0 spiro atoms. The molecule has 2 aromatic heterocycles. The molecule has 1 N–H and O–H groups in total. The summed E-state index contributed by atoms with van der Waals surface area (Å²) < 4.78 is 0. The maximum absolute atomic E-state index is 4.33. The van der Waals surface area contributed by atoms with Crippen molar-refractivity contribution < 1.29 is 0 Å². The number of aromatic nitrogens is 3. The van der Waals surface area contributed by atoms with Crippen LogP contribution >= 0.6 is 0 Å². The predicted molar refractivity (Wildman–Crippen MR) is 74.9 cm³/mol. The Morgan fingerprint density at radius 1 is 1.16 bits per heavy atom. The van der Waals surface area contributed by atoms with Crippen LogP contribution in [0.5, 0.6) is 0 Å². The Kier molecular flexibility index (Phi) is 3.37. The SMILES string of the molecule is CN(c1ccc(-c2ccncc2)nn1)C1CCNC1. The normalized spacial score (nSPS) is 18.5. The zero-order chi connectivity index (χ0) is 13.1. The topological polar surface area (TPSA) is 53.9 Å². The summed E-state index contributed by atoms with van der Waals surface area (Å²) in [4.78, 5) is 6.20. The number of likely N-dealkylation sites (N-methyl/N-ethyl adjacent to an activating group) is 1. The maximum Gasteiger partial charge on any atom is 0.151 e. The molecule has 0 aliphatic carbocycles. The molecular weight excluding hydrogens is 238 g/mol. The van der Waals surface area contributed by atoms with Crippen LogP contribution in [0, 0.1) is 0 Å². The molecule has 1 aliphatic rings. The van der Waals surface area contributed by atoms with Crippen LogP contribution in [0.15, 0.2) is 36.7 Å². The molecule has 0 bridgehead atoms. The van der Waals surface area contributed by atoms with Gasteiger partial charge < -0.3 is 10.2 Å². The molecule has 98 valence electrons. The minimum Gasteiger partial charge on any atom is -0.354 e. The molecule has 19 heavy (non-hydrogen) atoms. The summed E-state index contributed by atoms with van der Waals surface area (Å²) in [5, 5.41) is 12.0. The number of rotatable bonds is 3. The van der Waals surface area contributed by atoms with Crippen LogP contribution in [0.25, 0.3) is 11.3 Å². The molecular formula is C14H17N5. The minimum atomic E-state index is 0.515. The van der Waals surface area contributed by atoms with Gasteiger partial charge in [0, 0.05) is 37.6 Å². The molecule has 3 heterocycles. The van der Waals surface area contributed by atoms with Gasteiger partial charge in [-0.2, -0.15) is 0 Å². The van der Waals surface area contributed by atoms with Gasteiger partial charge in [0.05, 0.1) is 5.69 Å². The van der Waals surface area contributed by atoms with Gasteiger partial charge in [0.25, 0.3) is 0 Å². The van der Waals surface area contributed by atoms with Crippen LogP contribution in [0.3, 0.4) is 0 Å². The highest BCUT2D eigenvalue weighted by Gasteiger charge is 2.20. The summed E-state index contributed by atoms with van der Waals surface area (Å²) in [6, 6.07) is 8.43. The van der Waals surface area contributed by atoms with E-state index in [0.717, 1.165) is 36.6 Å². The van der Waals surface area contributed by atoms with Crippen molar-refractivity contribution in [3.63, 3.8) is 0 Å². The third kappa shape index (κ3) is 2.56. The molecule has 3 rings (SSSR count). The number of anilines is 1. The quantitative estimate of drug-likeness (QED) is 0.897. The third-order valence-corrected chi connectivity index (χ3v) is 3.57. The Morgan fingerprint density at radius 3 is 2.63 bits per heavy atom. The van der Waals surface area contributed by atoms with E-state index >= 15 is 0 Å². The van der Waals surface area contributed by atoms with Crippen molar-refractivity contribution in [2.24, 2.45) is 0 Å². The van der Waals surface area contributed by atoms with Crippen LogP contribution in [0.4, 0.5) is 5.82 Å². The van der Waals surface area contributed by atoms with E-state index in [1.807, 2.05) is 24.3 Å². The lowest BCUT2D eigenvalue weighted by Gasteiger charge is -2.24. The summed E-state index contributed by atoms with van der Waals surface area (Å²) in [7, 11) is 2.08. The monoisotopic (exact) mass is 255 g/mol. The van der Waals surface area contributed by atoms with Crippen LogP contribution in [0.2, 0.25) is 0 Å². The zero-order valence-electron chi connectivity index (χ0n) is 11.0. The van der Waals surface area contributed by atoms with Crippen LogP contribution in [-0.2, 0) is 0 Å². The molecule has 2 aromatic rings. The fraction of sp³-hybridized carbons (Fsp3) is 0.357. The minimum absolute atomic E-state index is 0.515. The van der Waals surface area contributed by atoms with Crippen LogP contribution in [-0.4, -0.2) is 41.4 Å². The van der Waals surface area contributed by atoms with Crippen LogP contribution in [0.1, 0.15) is 6.42 Å². The van der Waals surface area contributed by atoms with E-state index in [9.17, 15) is 0 Å². The van der Waals surface area contributed by atoms with E-state index < -0.39 is 0 Å². The lowest BCUT2D eigenvalue weighted by atomic mass is 10.2. The van der Waals surface area contributed by atoms with E-state index in [1.165, 1.54) is 0 Å². The molecule has 0 radical (unpaired) electrons. The van der Waals surface area contributed by atoms with E-state index in [-0.39, 0.29) is 0 Å². The van der Waals surface area contributed by atoms with Crippen molar-refractivity contribution in [3.8, 4) is 11.3 Å². The number of nitrogens with one attached hydrogen (secondary N) is 1. The lowest BCUT2D eigenvalue weighted by molar-refractivity contribution is 0.673. The number of pyridine rings is 1. The molecule has 1 aliphatic heterocycles. The smallest absolute Gasteiger partial charge is 0.151 e. The third-order valence-electron chi connectivity index (χ3n) is 3.57. The first-order valence-corrected chi connectivity index (χ1v) is 6.52. The van der Waals surface area contributed by atoms with Gasteiger partial charge in [-0.15, -0.1) is 10.2 Å². The van der Waals surface area contributed by atoms with Gasteiger partial charge in [0.2, 0.25) is 0 Å². The van der Waals surface area contributed by atoms with Crippen molar-refractivity contribution in [1.82, 2.24) is 20.5 Å². The Hall–Kier alpha value is -2.01. The molecule has 1 fully saturated rings. The summed E-state index contributed by atoms with van der Waals surface area (Å²) in [5.74, 6) is 0.923. The second-order valence-electron chi connectivity index (χ2n) is 4.77. The largest absolute Gasteiger partial charge is 0.354 e. The highest BCUT2D eigenvalue weighted by molar-refractivity contribution is 5.58. The average molecular weight is 255 g/mol. The summed E-state index contributed by atoms with van der Waals surface area (Å²) in [5.41, 5.74) is 1.92. The molecule has 1 saturated heterocycles. The fourth-order valence-electron chi connectivity index (χ4n) is 2.35. The Morgan fingerprint density at radius 2 is 2.00 bits per heavy atom. The van der Waals surface area contributed by atoms with Crippen molar-refractivity contribution in [2.45, 2.75) is 12.5 Å². The fourth-order valence-corrected chi connectivity index (χ4v) is 2.35. The van der Waals surface area contributed by atoms with E-state index in [4.69, 9.17) is 0 Å². The molecule has 5 nitrogen and oxygen atoms in total. The zero-order valence-corrected chi connectivity index (χ0v) is 11.0. The van der Waals surface area contributed by atoms with Crippen molar-refractivity contribution >= 4 is 5.82 Å². The molecule has 5 heteroatoms. The average Bonchev–Trinajstić information content (AvgIpc) is 3.02. The van der Waals surface area contributed by atoms with Gasteiger partial charge in [-0.05, 0) is 37.2 Å². The second-order valence-corrected chi connectivity index (χ2v) is 4.77. The van der Waals surface area contributed by atoms with Gasteiger partial charge in [0.1, 0.15) is 0 Å². The highest BCUT2D eigenvalue weighted by atomic mass is 15.3. The number of hydrogen-bond donors (Lipinski definition) is 1. The number of hydrogen-bond acceptors (Lipinski definition) is 5. The lowest BCUT2D eigenvalue weighted by Crippen LogP contribution is -2.34. The first-order valence-electron chi connectivity index (χ1n) is 6.52. The molecule has 0 aromatic carbocycles. The standard InChI is InChI=1S/C14H17N5/c1-19(12-6-9-16-10-12)14-3-2-13(17-18-14)11-4-7-15-8-5-11/h2-5,7-8,12,16H,6,9-10H2,1H3. The van der Waals surface area contributed by atoms with Gasteiger partial charge in [-0.1, -0.05) is 0 Å². The van der Waals surface area contributed by atoms with E-state index in [0.29, 0.717) is 6.04 Å². The summed E-state index contributed by atoms with van der Waals surface area (Å²) >= 11 is 0. The van der Waals surface area contributed by atoms with Gasteiger partial charge in [-0.3, -0.25) is 4.98 Å². The first-order chi connectivity index (χ1) is 9.34. The number of nitrogens with zero attached hydrogens (tertiary/aromatic N) is 4. The molecule has 1 atom stereocenters. The van der Waals surface area contributed by atoms with Crippen molar-refractivity contribution in [3.05, 3.63) is 36.7 Å². The summed E-state index contributed by atoms with van der Waals surface area (Å²) in [6.45, 7) is 2.10. The van der Waals surface area contributed by atoms with Gasteiger partial charge in [0.15, 0.2) is 5.82 Å². The van der Waals surface area contributed by atoms with Gasteiger partial charge >= 0.3 is 0 Å². The second kappa shape index (κ2) is 5.32. The van der Waals surface area contributed by atoms with Gasteiger partial charge in [-0.25, -0.2) is 0 Å². The Bertz CT molecular complexity index is 519.